The van der Waals surface area contributed by atoms with Crippen molar-refractivity contribution in [2.75, 3.05) is 18.6 Å². The summed E-state index contributed by atoms with van der Waals surface area (Å²) in [6, 6.07) is 3.98. The van der Waals surface area contributed by atoms with Gasteiger partial charge in [-0.05, 0) is 18.4 Å². The Labute approximate surface area is 65.1 Å². The molecule has 54 valence electrons. The highest BCUT2D eigenvalue weighted by Crippen LogP contribution is 2.20. The molecule has 1 heterocycles. The third-order valence-electron chi connectivity index (χ3n) is 1.23. The molecular weight excluding hydrogens is 144 g/mol. The number of thioether (sulfide) groups is 1. The van der Waals surface area contributed by atoms with Crippen LogP contribution >= 0.6 is 11.8 Å². The van der Waals surface area contributed by atoms with Crippen LogP contribution in [0.4, 0.5) is 5.82 Å². The standard InChI is InChI=1S/C7H10N2S/c1-8-7-6(10-2)4-3-5-9-7/h3-5H,1-2H3,(H,8,9). The first-order chi connectivity index (χ1) is 4.88. The van der Waals surface area contributed by atoms with Crippen molar-refractivity contribution in [2.24, 2.45) is 0 Å². The molecule has 0 amide bonds. The van der Waals surface area contributed by atoms with Crippen LogP contribution in [-0.2, 0) is 0 Å². The fourth-order valence-electron chi connectivity index (χ4n) is 0.743. The van der Waals surface area contributed by atoms with Crippen molar-refractivity contribution in [1.82, 2.24) is 4.98 Å². The van der Waals surface area contributed by atoms with Gasteiger partial charge in [0.25, 0.3) is 0 Å². The summed E-state index contributed by atoms with van der Waals surface area (Å²) in [5.41, 5.74) is 0. The van der Waals surface area contributed by atoms with Gasteiger partial charge in [0.05, 0.1) is 0 Å². The number of hydrogen-bond donors (Lipinski definition) is 1. The lowest BCUT2D eigenvalue weighted by Gasteiger charge is -2.02. The highest BCUT2D eigenvalue weighted by atomic mass is 32.2. The molecule has 0 atom stereocenters. The lowest BCUT2D eigenvalue weighted by Crippen LogP contribution is -1.92. The number of pyridine rings is 1. The van der Waals surface area contributed by atoms with Gasteiger partial charge in [-0.1, -0.05) is 0 Å². The lowest BCUT2D eigenvalue weighted by molar-refractivity contribution is 1.21. The smallest absolute Gasteiger partial charge is 0.139 e. The Bertz CT molecular complexity index is 190. The van der Waals surface area contributed by atoms with Crippen LogP contribution in [0, 0.1) is 0 Å². The molecule has 0 saturated heterocycles. The molecule has 2 nitrogen and oxygen atoms in total. The first-order valence-electron chi connectivity index (χ1n) is 3.05. The van der Waals surface area contributed by atoms with Crippen LogP contribution in [0.2, 0.25) is 0 Å². The fourth-order valence-corrected chi connectivity index (χ4v) is 1.31. The Kier molecular flexibility index (Phi) is 2.57. The van der Waals surface area contributed by atoms with Gasteiger partial charge in [-0.3, -0.25) is 0 Å². The summed E-state index contributed by atoms with van der Waals surface area (Å²) < 4.78 is 0. The Morgan fingerprint density at radius 3 is 2.90 bits per heavy atom. The predicted molar refractivity (Wildman–Crippen MR) is 45.6 cm³/mol. The Balaban J connectivity index is 2.96. The van der Waals surface area contributed by atoms with Crippen molar-refractivity contribution in [3.63, 3.8) is 0 Å². The van der Waals surface area contributed by atoms with Crippen LogP contribution in [-0.4, -0.2) is 18.3 Å². The monoisotopic (exact) mass is 154 g/mol. The summed E-state index contributed by atoms with van der Waals surface area (Å²) in [5, 5.41) is 3.01. The molecule has 10 heavy (non-hydrogen) atoms. The van der Waals surface area contributed by atoms with Gasteiger partial charge >= 0.3 is 0 Å². The Morgan fingerprint density at radius 2 is 2.40 bits per heavy atom. The van der Waals surface area contributed by atoms with E-state index in [4.69, 9.17) is 0 Å². The molecule has 1 N–H and O–H groups in total. The van der Waals surface area contributed by atoms with Crippen molar-refractivity contribution in [2.45, 2.75) is 4.90 Å². The number of anilines is 1. The minimum absolute atomic E-state index is 0.954. The molecule has 0 fully saturated rings. The average Bonchev–Trinajstić information content (AvgIpc) is 2.04. The van der Waals surface area contributed by atoms with E-state index in [0.29, 0.717) is 0 Å². The summed E-state index contributed by atoms with van der Waals surface area (Å²) in [5.74, 6) is 0.954. The van der Waals surface area contributed by atoms with Crippen LogP contribution in [0.25, 0.3) is 0 Å². The second-order valence-electron chi connectivity index (χ2n) is 1.80. The van der Waals surface area contributed by atoms with Crippen molar-refractivity contribution < 1.29 is 0 Å². The minimum Gasteiger partial charge on any atom is -0.372 e. The predicted octanol–water partition coefficient (Wildman–Crippen LogP) is 1.85. The van der Waals surface area contributed by atoms with E-state index in [0.717, 1.165) is 5.82 Å². The molecule has 0 aliphatic heterocycles. The maximum atomic E-state index is 4.14. The second-order valence-corrected chi connectivity index (χ2v) is 2.65. The van der Waals surface area contributed by atoms with E-state index in [9.17, 15) is 0 Å². The maximum Gasteiger partial charge on any atom is 0.139 e. The first-order valence-corrected chi connectivity index (χ1v) is 4.27. The van der Waals surface area contributed by atoms with Gasteiger partial charge in [0.1, 0.15) is 5.82 Å². The number of aromatic nitrogens is 1. The zero-order chi connectivity index (χ0) is 7.40. The van der Waals surface area contributed by atoms with Gasteiger partial charge in [-0.2, -0.15) is 0 Å². The number of nitrogens with zero attached hydrogens (tertiary/aromatic N) is 1. The summed E-state index contributed by atoms with van der Waals surface area (Å²) in [6.45, 7) is 0. The fraction of sp³-hybridized carbons (Fsp3) is 0.286. The quantitative estimate of drug-likeness (QED) is 0.658. The van der Waals surface area contributed by atoms with E-state index in [1.165, 1.54) is 4.90 Å². The second kappa shape index (κ2) is 3.46. The molecule has 0 aliphatic rings. The SMILES string of the molecule is CNc1ncccc1SC. The van der Waals surface area contributed by atoms with Crippen LogP contribution < -0.4 is 5.32 Å². The molecule has 1 aromatic rings. The molecule has 0 radical (unpaired) electrons. The van der Waals surface area contributed by atoms with Crippen molar-refractivity contribution in [3.8, 4) is 0 Å². The van der Waals surface area contributed by atoms with Gasteiger partial charge in [0, 0.05) is 18.1 Å². The van der Waals surface area contributed by atoms with E-state index in [-0.39, 0.29) is 0 Å². The van der Waals surface area contributed by atoms with Crippen molar-refractivity contribution in [1.29, 1.82) is 0 Å². The number of nitrogens with one attached hydrogen (secondary N) is 1. The molecule has 0 aliphatic carbocycles. The summed E-state index contributed by atoms with van der Waals surface area (Å²) in [7, 11) is 1.88. The summed E-state index contributed by atoms with van der Waals surface area (Å²) >= 11 is 1.69. The topological polar surface area (TPSA) is 24.9 Å². The van der Waals surface area contributed by atoms with E-state index in [2.05, 4.69) is 10.3 Å². The van der Waals surface area contributed by atoms with E-state index >= 15 is 0 Å². The van der Waals surface area contributed by atoms with Gasteiger partial charge in [-0.25, -0.2) is 4.98 Å². The van der Waals surface area contributed by atoms with Crippen LogP contribution in [0.5, 0.6) is 0 Å². The van der Waals surface area contributed by atoms with Crippen molar-refractivity contribution >= 4 is 17.6 Å². The van der Waals surface area contributed by atoms with Gasteiger partial charge in [0.2, 0.25) is 0 Å². The third kappa shape index (κ3) is 1.42. The van der Waals surface area contributed by atoms with Crippen LogP contribution in [0.15, 0.2) is 23.2 Å². The average molecular weight is 154 g/mol. The molecule has 1 rings (SSSR count). The van der Waals surface area contributed by atoms with E-state index < -0.39 is 0 Å². The normalized spacial score (nSPS) is 9.40. The highest BCUT2D eigenvalue weighted by molar-refractivity contribution is 7.98. The van der Waals surface area contributed by atoms with Gasteiger partial charge in [0.15, 0.2) is 0 Å². The summed E-state index contributed by atoms with van der Waals surface area (Å²) in [4.78, 5) is 5.32. The molecular formula is C7H10N2S. The highest BCUT2D eigenvalue weighted by Gasteiger charge is 1.96. The largest absolute Gasteiger partial charge is 0.372 e. The summed E-state index contributed by atoms with van der Waals surface area (Å²) in [6.07, 6.45) is 3.82. The molecule has 3 heteroatoms. The Hall–Kier alpha value is -0.700. The maximum absolute atomic E-state index is 4.14. The van der Waals surface area contributed by atoms with E-state index in [1.807, 2.05) is 25.4 Å². The first kappa shape index (κ1) is 7.41. The number of hydrogen-bond acceptors (Lipinski definition) is 3. The minimum atomic E-state index is 0.954. The number of rotatable bonds is 2. The van der Waals surface area contributed by atoms with E-state index in [1.54, 1.807) is 18.0 Å². The molecule has 0 unspecified atom stereocenters. The lowest BCUT2D eigenvalue weighted by atomic mass is 10.5. The van der Waals surface area contributed by atoms with Crippen LogP contribution in [0.3, 0.4) is 0 Å². The zero-order valence-corrected chi connectivity index (χ0v) is 6.90. The molecule has 0 saturated carbocycles. The third-order valence-corrected chi connectivity index (χ3v) is 2.00. The zero-order valence-electron chi connectivity index (χ0n) is 6.09. The molecule has 1 aromatic heterocycles. The van der Waals surface area contributed by atoms with Crippen molar-refractivity contribution in [3.05, 3.63) is 18.3 Å². The molecule has 0 aromatic carbocycles. The van der Waals surface area contributed by atoms with Gasteiger partial charge in [-0.15, -0.1) is 11.8 Å². The molecule has 0 spiro atoms. The van der Waals surface area contributed by atoms with Crippen LogP contribution in [0.1, 0.15) is 0 Å². The Morgan fingerprint density at radius 1 is 1.60 bits per heavy atom. The van der Waals surface area contributed by atoms with Gasteiger partial charge < -0.3 is 5.32 Å². The molecule has 0 bridgehead atoms.